The quantitative estimate of drug-likeness (QED) is 0.400. The van der Waals surface area contributed by atoms with Crippen LogP contribution in [0.15, 0.2) is 54.7 Å². The predicted molar refractivity (Wildman–Crippen MR) is 114 cm³/mol. The molecule has 0 saturated carbocycles. The molecule has 3 amide bonds. The van der Waals surface area contributed by atoms with Crippen molar-refractivity contribution in [2.75, 3.05) is 10.6 Å². The molecule has 4 N–H and O–H groups in total. The Hall–Kier alpha value is -4.10. The lowest BCUT2D eigenvalue weighted by Gasteiger charge is -2.30. The van der Waals surface area contributed by atoms with Crippen molar-refractivity contribution in [1.29, 1.82) is 0 Å². The number of nitrogens with two attached hydrogens (primary N) is 1. The zero-order chi connectivity index (χ0) is 25.4. The lowest BCUT2D eigenvalue weighted by atomic mass is 10.1. The van der Waals surface area contributed by atoms with Crippen molar-refractivity contribution in [3.63, 3.8) is 0 Å². The van der Waals surface area contributed by atoms with E-state index in [4.69, 9.17) is 22.1 Å². The minimum atomic E-state index is -4.50. The average molecular weight is 513 g/mol. The number of nitrogens with one attached hydrogen (secondary N) is 2. The summed E-state index contributed by atoms with van der Waals surface area (Å²) in [6, 6.07) is 8.83. The molecule has 14 heteroatoms. The van der Waals surface area contributed by atoms with Gasteiger partial charge in [-0.3, -0.25) is 9.78 Å². The molecule has 0 unspecified atom stereocenters. The molecule has 1 aliphatic rings. The van der Waals surface area contributed by atoms with Gasteiger partial charge in [0.1, 0.15) is 22.9 Å². The van der Waals surface area contributed by atoms with Gasteiger partial charge in [0.05, 0.1) is 10.6 Å². The van der Waals surface area contributed by atoms with Gasteiger partial charge in [-0.1, -0.05) is 11.6 Å². The topological polar surface area (TPSA) is 125 Å². The fourth-order valence-corrected chi connectivity index (χ4v) is 3.19. The maximum Gasteiger partial charge on any atom is 0.540 e. The largest absolute Gasteiger partial charge is 0.540 e. The Morgan fingerprint density at radius 2 is 1.69 bits per heavy atom. The number of nitrogens with zero attached hydrogens (tertiary/aromatic N) is 1. The standard InChI is InChI=1S/C21H13ClF4N4O5/c22-14-8-11(2-4-17(14)33-12-5-6-28-15(9-12)18(27)31)30-19(32)29-10-1-3-16-13(7-10)20(23,24)35-21(25,26)34-16/h1-9H,(H2,27,31)(H2,29,30,32). The first-order valence-electron chi connectivity index (χ1n) is 9.52. The minimum Gasteiger partial charge on any atom is -0.456 e. The van der Waals surface area contributed by atoms with Gasteiger partial charge in [0.25, 0.3) is 5.91 Å². The number of primary amides is 1. The van der Waals surface area contributed by atoms with Gasteiger partial charge < -0.3 is 25.8 Å². The van der Waals surface area contributed by atoms with Gasteiger partial charge in [0.15, 0.2) is 0 Å². The van der Waals surface area contributed by atoms with Crippen LogP contribution < -0.4 is 25.8 Å². The monoisotopic (exact) mass is 512 g/mol. The minimum absolute atomic E-state index is 0.0136. The number of anilines is 2. The number of aromatic nitrogens is 1. The molecule has 9 nitrogen and oxygen atoms in total. The number of amides is 3. The van der Waals surface area contributed by atoms with Crippen LogP contribution in [-0.4, -0.2) is 23.2 Å². The second-order valence-corrected chi connectivity index (χ2v) is 7.37. The molecule has 3 aromatic rings. The summed E-state index contributed by atoms with van der Waals surface area (Å²) in [5, 5.41) is 4.80. The number of hydrogen-bond donors (Lipinski definition) is 3. The highest BCUT2D eigenvalue weighted by Gasteiger charge is 2.54. The van der Waals surface area contributed by atoms with E-state index in [1.54, 1.807) is 0 Å². The van der Waals surface area contributed by atoms with Crippen LogP contribution in [0.25, 0.3) is 0 Å². The van der Waals surface area contributed by atoms with Gasteiger partial charge in [-0.2, -0.15) is 8.78 Å². The van der Waals surface area contributed by atoms with Crippen molar-refractivity contribution in [3.05, 3.63) is 71.0 Å². The zero-order valence-electron chi connectivity index (χ0n) is 17.2. The Morgan fingerprint density at radius 1 is 1.00 bits per heavy atom. The van der Waals surface area contributed by atoms with Crippen LogP contribution in [0.4, 0.5) is 33.7 Å². The number of carbonyl (C=O) groups excluding carboxylic acids is 2. The number of benzene rings is 2. The normalized spacial score (nSPS) is 15.3. The van der Waals surface area contributed by atoms with Crippen LogP contribution in [0.3, 0.4) is 0 Å². The number of alkyl halides is 4. The van der Waals surface area contributed by atoms with Gasteiger partial charge >= 0.3 is 18.4 Å². The summed E-state index contributed by atoms with van der Waals surface area (Å²) < 4.78 is 67.0. The summed E-state index contributed by atoms with van der Waals surface area (Å²) in [6.07, 6.45) is -7.52. The number of pyridine rings is 1. The highest BCUT2D eigenvalue weighted by molar-refractivity contribution is 6.32. The summed E-state index contributed by atoms with van der Waals surface area (Å²) in [4.78, 5) is 27.3. The van der Waals surface area contributed by atoms with Crippen LogP contribution in [0.2, 0.25) is 5.02 Å². The molecule has 0 radical (unpaired) electrons. The summed E-state index contributed by atoms with van der Waals surface area (Å²) in [5.41, 5.74) is 4.24. The molecule has 0 aliphatic carbocycles. The first kappa shape index (κ1) is 24.0. The van der Waals surface area contributed by atoms with E-state index >= 15 is 0 Å². The third kappa shape index (κ3) is 5.53. The summed E-state index contributed by atoms with van der Waals surface area (Å²) in [5.74, 6) is -1.11. The molecule has 0 saturated heterocycles. The number of rotatable bonds is 5. The molecular weight excluding hydrogens is 500 g/mol. The lowest BCUT2D eigenvalue weighted by molar-refractivity contribution is -0.461. The van der Waals surface area contributed by atoms with Gasteiger partial charge in [-0.05, 0) is 42.5 Å². The molecule has 35 heavy (non-hydrogen) atoms. The van der Waals surface area contributed by atoms with E-state index in [0.29, 0.717) is 0 Å². The van der Waals surface area contributed by atoms with Crippen LogP contribution in [0.1, 0.15) is 16.1 Å². The predicted octanol–water partition coefficient (Wildman–Crippen LogP) is 5.28. The van der Waals surface area contributed by atoms with Gasteiger partial charge in [0, 0.05) is 23.6 Å². The highest BCUT2D eigenvalue weighted by Crippen LogP contribution is 2.46. The average Bonchev–Trinajstić information content (AvgIpc) is 2.75. The van der Waals surface area contributed by atoms with Crippen molar-refractivity contribution in [2.24, 2.45) is 5.73 Å². The third-order valence-corrected chi connectivity index (χ3v) is 4.72. The van der Waals surface area contributed by atoms with Gasteiger partial charge in [-0.25, -0.2) is 9.53 Å². The van der Waals surface area contributed by atoms with E-state index < -0.39 is 35.7 Å². The summed E-state index contributed by atoms with van der Waals surface area (Å²) in [6.45, 7) is 0. The molecule has 0 fully saturated rings. The van der Waals surface area contributed by atoms with Crippen molar-refractivity contribution in [2.45, 2.75) is 12.4 Å². The Kier molecular flexibility index (Phi) is 6.13. The van der Waals surface area contributed by atoms with Crippen LogP contribution in [0.5, 0.6) is 17.2 Å². The van der Waals surface area contributed by atoms with Crippen LogP contribution >= 0.6 is 11.6 Å². The number of hydrogen-bond acceptors (Lipinski definition) is 6. The van der Waals surface area contributed by atoms with E-state index in [0.717, 1.165) is 18.2 Å². The molecule has 182 valence electrons. The maximum atomic E-state index is 13.9. The van der Waals surface area contributed by atoms with E-state index in [2.05, 4.69) is 25.1 Å². The number of carbonyl (C=O) groups is 2. The SMILES string of the molecule is NC(=O)c1cc(Oc2ccc(NC(=O)Nc3ccc4c(c3)C(F)(F)OC(F)(F)O4)cc2Cl)ccn1. The van der Waals surface area contributed by atoms with Crippen molar-refractivity contribution in [3.8, 4) is 17.2 Å². The van der Waals surface area contributed by atoms with Crippen molar-refractivity contribution in [1.82, 2.24) is 4.98 Å². The fraction of sp³-hybridized carbons (Fsp3) is 0.0952. The molecule has 0 bridgehead atoms. The second-order valence-electron chi connectivity index (χ2n) is 6.96. The molecule has 4 rings (SSSR count). The molecule has 2 heterocycles. The van der Waals surface area contributed by atoms with Crippen molar-refractivity contribution >= 4 is 34.9 Å². The highest BCUT2D eigenvalue weighted by atomic mass is 35.5. The lowest BCUT2D eigenvalue weighted by Crippen LogP contribution is -2.41. The Balaban J connectivity index is 1.43. The van der Waals surface area contributed by atoms with Gasteiger partial charge in [-0.15, -0.1) is 8.78 Å². The summed E-state index contributed by atoms with van der Waals surface area (Å²) >= 11 is 6.18. The Bertz CT molecular complexity index is 1320. The number of fused-ring (bicyclic) bond motifs is 1. The van der Waals surface area contributed by atoms with Gasteiger partial charge in [0.2, 0.25) is 0 Å². The fourth-order valence-electron chi connectivity index (χ4n) is 2.97. The van der Waals surface area contributed by atoms with E-state index in [9.17, 15) is 27.2 Å². The molecule has 2 aromatic carbocycles. The van der Waals surface area contributed by atoms with E-state index in [1.807, 2.05) is 0 Å². The van der Waals surface area contributed by atoms with Crippen molar-refractivity contribution < 1.29 is 41.4 Å². The van der Waals surface area contributed by atoms with Crippen LogP contribution in [0, 0.1) is 0 Å². The number of urea groups is 1. The molecule has 0 atom stereocenters. The third-order valence-electron chi connectivity index (χ3n) is 4.43. The zero-order valence-corrected chi connectivity index (χ0v) is 17.9. The van der Waals surface area contributed by atoms with E-state index in [-0.39, 0.29) is 33.6 Å². The molecular formula is C21H13ClF4N4O5. The first-order chi connectivity index (χ1) is 16.4. The number of halogens is 5. The van der Waals surface area contributed by atoms with Crippen LogP contribution in [-0.2, 0) is 10.8 Å². The van der Waals surface area contributed by atoms with E-state index in [1.165, 1.54) is 36.5 Å². The number of ether oxygens (including phenoxy) is 3. The Morgan fingerprint density at radius 3 is 2.37 bits per heavy atom. The Labute approximate surface area is 198 Å². The maximum absolute atomic E-state index is 13.9. The molecule has 0 spiro atoms. The molecule has 1 aromatic heterocycles. The second kappa shape index (κ2) is 8.92. The first-order valence-corrected chi connectivity index (χ1v) is 9.90. The molecule has 1 aliphatic heterocycles. The smallest absolute Gasteiger partial charge is 0.456 e. The summed E-state index contributed by atoms with van der Waals surface area (Å²) in [7, 11) is 0.